The van der Waals surface area contributed by atoms with Crippen LogP contribution in [0.25, 0.3) is 10.9 Å². The standard InChI is InChI=1S/C16H15N3O3S/c1-10-3-5-13(23(2,21)22)8-14(10)16(20)18-12-4-6-15-11(7-12)9-17-19-15/h3-9H,1-2H3,(H,17,19)(H,18,20). The molecule has 0 aliphatic carbocycles. The van der Waals surface area contributed by atoms with Gasteiger partial charge in [-0.3, -0.25) is 9.89 Å². The van der Waals surface area contributed by atoms with Crippen LogP contribution in [-0.2, 0) is 9.84 Å². The SMILES string of the molecule is Cc1ccc(S(C)(=O)=O)cc1C(=O)Nc1ccc2[nH]ncc2c1. The molecule has 0 saturated carbocycles. The number of benzene rings is 2. The first kappa shape index (κ1) is 15.2. The molecule has 0 aliphatic rings. The molecule has 1 amide bonds. The molecule has 0 saturated heterocycles. The number of aromatic amines is 1. The fourth-order valence-electron chi connectivity index (χ4n) is 2.30. The number of amides is 1. The van der Waals surface area contributed by atoms with Gasteiger partial charge >= 0.3 is 0 Å². The second kappa shape index (κ2) is 5.51. The number of carbonyl (C=O) groups excluding carboxylic acids is 1. The summed E-state index contributed by atoms with van der Waals surface area (Å²) in [7, 11) is -3.36. The largest absolute Gasteiger partial charge is 0.322 e. The van der Waals surface area contributed by atoms with Gasteiger partial charge in [0, 0.05) is 22.9 Å². The van der Waals surface area contributed by atoms with Crippen LogP contribution in [0.4, 0.5) is 5.69 Å². The molecule has 0 aliphatic heterocycles. The van der Waals surface area contributed by atoms with Crippen LogP contribution in [-0.4, -0.2) is 30.8 Å². The predicted octanol–water partition coefficient (Wildman–Crippen LogP) is 2.53. The van der Waals surface area contributed by atoms with Crippen molar-refractivity contribution in [3.63, 3.8) is 0 Å². The summed E-state index contributed by atoms with van der Waals surface area (Å²) < 4.78 is 23.3. The molecule has 23 heavy (non-hydrogen) atoms. The zero-order valence-corrected chi connectivity index (χ0v) is 13.4. The summed E-state index contributed by atoms with van der Waals surface area (Å²) in [6, 6.07) is 9.90. The minimum Gasteiger partial charge on any atom is -0.322 e. The number of hydrogen-bond acceptors (Lipinski definition) is 4. The van der Waals surface area contributed by atoms with Gasteiger partial charge in [0.15, 0.2) is 9.84 Å². The van der Waals surface area contributed by atoms with Gasteiger partial charge in [-0.2, -0.15) is 5.10 Å². The van der Waals surface area contributed by atoms with Gasteiger partial charge in [0.05, 0.1) is 16.6 Å². The van der Waals surface area contributed by atoms with Crippen molar-refractivity contribution in [1.82, 2.24) is 10.2 Å². The average molecular weight is 329 g/mol. The van der Waals surface area contributed by atoms with E-state index in [0.29, 0.717) is 16.8 Å². The van der Waals surface area contributed by atoms with Gasteiger partial charge in [-0.05, 0) is 42.8 Å². The molecule has 1 aromatic heterocycles. The van der Waals surface area contributed by atoms with E-state index in [1.165, 1.54) is 12.1 Å². The van der Waals surface area contributed by atoms with Crippen LogP contribution in [0.5, 0.6) is 0 Å². The fourth-order valence-corrected chi connectivity index (χ4v) is 2.94. The number of rotatable bonds is 3. The van der Waals surface area contributed by atoms with Crippen molar-refractivity contribution in [3.8, 4) is 0 Å². The Hall–Kier alpha value is -2.67. The van der Waals surface area contributed by atoms with Crippen molar-refractivity contribution < 1.29 is 13.2 Å². The van der Waals surface area contributed by atoms with Gasteiger partial charge in [0.1, 0.15) is 0 Å². The number of sulfone groups is 1. The Kier molecular flexibility index (Phi) is 3.65. The first-order valence-corrected chi connectivity index (χ1v) is 8.79. The summed E-state index contributed by atoms with van der Waals surface area (Å²) in [4.78, 5) is 12.6. The number of anilines is 1. The quantitative estimate of drug-likeness (QED) is 0.772. The number of H-pyrrole nitrogens is 1. The number of nitrogens with zero attached hydrogens (tertiary/aromatic N) is 1. The van der Waals surface area contributed by atoms with Crippen LogP contribution in [0.15, 0.2) is 47.5 Å². The van der Waals surface area contributed by atoms with Gasteiger partial charge in [-0.15, -0.1) is 0 Å². The highest BCUT2D eigenvalue weighted by Gasteiger charge is 2.14. The van der Waals surface area contributed by atoms with Crippen LogP contribution in [0.1, 0.15) is 15.9 Å². The van der Waals surface area contributed by atoms with E-state index in [1.807, 2.05) is 6.07 Å². The third-order valence-corrected chi connectivity index (χ3v) is 4.69. The number of hydrogen-bond donors (Lipinski definition) is 2. The van der Waals surface area contributed by atoms with E-state index < -0.39 is 9.84 Å². The molecule has 3 rings (SSSR count). The fraction of sp³-hybridized carbons (Fsp3) is 0.125. The number of aromatic nitrogens is 2. The first-order chi connectivity index (χ1) is 10.8. The Bertz CT molecular complexity index is 1010. The van der Waals surface area contributed by atoms with Crippen LogP contribution < -0.4 is 5.32 Å². The molecule has 0 spiro atoms. The van der Waals surface area contributed by atoms with Crippen molar-refractivity contribution in [1.29, 1.82) is 0 Å². The van der Waals surface area contributed by atoms with Crippen LogP contribution in [0.2, 0.25) is 0 Å². The highest BCUT2D eigenvalue weighted by atomic mass is 32.2. The summed E-state index contributed by atoms with van der Waals surface area (Å²) in [5.74, 6) is -0.351. The Morgan fingerprint density at radius 2 is 1.96 bits per heavy atom. The zero-order valence-electron chi connectivity index (χ0n) is 12.6. The van der Waals surface area contributed by atoms with Crippen molar-refractivity contribution in [3.05, 3.63) is 53.7 Å². The Labute approximate surface area is 133 Å². The van der Waals surface area contributed by atoms with E-state index in [0.717, 1.165) is 17.2 Å². The van der Waals surface area contributed by atoms with Crippen molar-refractivity contribution >= 4 is 32.3 Å². The van der Waals surface area contributed by atoms with E-state index >= 15 is 0 Å². The molecule has 0 atom stereocenters. The molecule has 0 fully saturated rings. The minimum atomic E-state index is -3.36. The Balaban J connectivity index is 1.93. The van der Waals surface area contributed by atoms with E-state index in [9.17, 15) is 13.2 Å². The second-order valence-electron chi connectivity index (χ2n) is 5.38. The van der Waals surface area contributed by atoms with E-state index in [1.54, 1.807) is 31.3 Å². The third-order valence-electron chi connectivity index (χ3n) is 3.58. The molecule has 7 heteroatoms. The molecule has 2 aromatic carbocycles. The van der Waals surface area contributed by atoms with Crippen molar-refractivity contribution in [2.24, 2.45) is 0 Å². The van der Waals surface area contributed by atoms with Gasteiger partial charge in [0.25, 0.3) is 5.91 Å². The number of aryl methyl sites for hydroxylation is 1. The van der Waals surface area contributed by atoms with E-state index in [-0.39, 0.29) is 10.8 Å². The monoisotopic (exact) mass is 329 g/mol. The lowest BCUT2D eigenvalue weighted by Crippen LogP contribution is -2.14. The first-order valence-electron chi connectivity index (χ1n) is 6.90. The molecule has 0 unspecified atom stereocenters. The maximum absolute atomic E-state index is 12.5. The molecule has 118 valence electrons. The van der Waals surface area contributed by atoms with E-state index in [4.69, 9.17) is 0 Å². The summed E-state index contributed by atoms with van der Waals surface area (Å²) in [6.07, 6.45) is 2.78. The zero-order chi connectivity index (χ0) is 16.6. The second-order valence-corrected chi connectivity index (χ2v) is 7.39. The highest BCUT2D eigenvalue weighted by Crippen LogP contribution is 2.20. The van der Waals surface area contributed by atoms with Crippen LogP contribution in [0, 0.1) is 6.92 Å². The number of fused-ring (bicyclic) bond motifs is 1. The van der Waals surface area contributed by atoms with Crippen molar-refractivity contribution in [2.45, 2.75) is 11.8 Å². The third kappa shape index (κ3) is 3.09. The summed E-state index contributed by atoms with van der Waals surface area (Å²) in [5, 5.41) is 10.4. The molecular weight excluding hydrogens is 314 g/mol. The van der Waals surface area contributed by atoms with Gasteiger partial charge in [0.2, 0.25) is 0 Å². The molecular formula is C16H15N3O3S. The normalized spacial score (nSPS) is 11.6. The van der Waals surface area contributed by atoms with Crippen LogP contribution >= 0.6 is 0 Å². The molecule has 0 radical (unpaired) electrons. The molecule has 2 N–H and O–H groups in total. The Morgan fingerprint density at radius 3 is 2.70 bits per heavy atom. The van der Waals surface area contributed by atoms with Gasteiger partial charge < -0.3 is 5.32 Å². The summed E-state index contributed by atoms with van der Waals surface area (Å²) >= 11 is 0. The topological polar surface area (TPSA) is 91.9 Å². The van der Waals surface area contributed by atoms with Gasteiger partial charge in [-0.1, -0.05) is 6.07 Å². The summed E-state index contributed by atoms with van der Waals surface area (Å²) in [5.41, 5.74) is 2.53. The highest BCUT2D eigenvalue weighted by molar-refractivity contribution is 7.90. The lowest BCUT2D eigenvalue weighted by molar-refractivity contribution is 0.102. The predicted molar refractivity (Wildman–Crippen MR) is 88.3 cm³/mol. The average Bonchev–Trinajstić information content (AvgIpc) is 2.93. The molecule has 6 nitrogen and oxygen atoms in total. The maximum atomic E-state index is 12.5. The number of carbonyl (C=O) groups is 1. The lowest BCUT2D eigenvalue weighted by Gasteiger charge is -2.09. The maximum Gasteiger partial charge on any atom is 0.255 e. The van der Waals surface area contributed by atoms with E-state index in [2.05, 4.69) is 15.5 Å². The minimum absolute atomic E-state index is 0.124. The van der Waals surface area contributed by atoms with Crippen molar-refractivity contribution in [2.75, 3.05) is 11.6 Å². The lowest BCUT2D eigenvalue weighted by atomic mass is 10.1. The number of nitrogens with one attached hydrogen (secondary N) is 2. The molecule has 3 aromatic rings. The van der Waals surface area contributed by atoms with Gasteiger partial charge in [-0.25, -0.2) is 8.42 Å². The van der Waals surface area contributed by atoms with Crippen LogP contribution in [0.3, 0.4) is 0 Å². The molecule has 0 bridgehead atoms. The molecule has 1 heterocycles. The Morgan fingerprint density at radius 1 is 1.17 bits per heavy atom. The summed E-state index contributed by atoms with van der Waals surface area (Å²) in [6.45, 7) is 1.76. The smallest absolute Gasteiger partial charge is 0.255 e.